The summed E-state index contributed by atoms with van der Waals surface area (Å²) in [6.07, 6.45) is 6.47. The Hall–Kier alpha value is -0.830. The van der Waals surface area contributed by atoms with Crippen LogP contribution < -0.4 is 5.32 Å². The normalized spacial score (nSPS) is 21.8. The molecule has 0 spiro atoms. The van der Waals surface area contributed by atoms with E-state index in [9.17, 15) is 0 Å². The van der Waals surface area contributed by atoms with Gasteiger partial charge in [-0.25, -0.2) is 0 Å². The Morgan fingerprint density at radius 1 is 1.39 bits per heavy atom. The van der Waals surface area contributed by atoms with Gasteiger partial charge >= 0.3 is 0 Å². The Morgan fingerprint density at radius 3 is 2.33 bits per heavy atom. The van der Waals surface area contributed by atoms with Crippen molar-refractivity contribution >= 4 is 6.21 Å². The lowest BCUT2D eigenvalue weighted by Crippen LogP contribution is -2.43. The van der Waals surface area contributed by atoms with Gasteiger partial charge in [-0.05, 0) is 32.6 Å². The van der Waals surface area contributed by atoms with Gasteiger partial charge in [0.1, 0.15) is 0 Å². The molecule has 0 bridgehead atoms. The lowest BCUT2D eigenvalue weighted by Gasteiger charge is -2.34. The molecule has 1 saturated heterocycles. The second-order valence-electron chi connectivity index (χ2n) is 5.38. The zero-order chi connectivity index (χ0) is 13.6. The highest BCUT2D eigenvalue weighted by atomic mass is 15.1. The molecule has 1 aliphatic heterocycles. The molecule has 0 radical (unpaired) electrons. The van der Waals surface area contributed by atoms with Crippen LogP contribution in [-0.4, -0.2) is 36.8 Å². The molecule has 2 rings (SSSR count). The van der Waals surface area contributed by atoms with Crippen LogP contribution in [0.3, 0.4) is 0 Å². The van der Waals surface area contributed by atoms with E-state index in [4.69, 9.17) is 5.41 Å². The third kappa shape index (κ3) is 4.13. The first-order valence-electron chi connectivity index (χ1n) is 7.31. The minimum absolute atomic E-state index is 0.228. The van der Waals surface area contributed by atoms with Gasteiger partial charge in [0.15, 0.2) is 0 Å². The van der Waals surface area contributed by atoms with Crippen molar-refractivity contribution in [2.75, 3.05) is 19.6 Å². The van der Waals surface area contributed by atoms with Gasteiger partial charge < -0.3 is 15.6 Å². The van der Waals surface area contributed by atoms with Crippen molar-refractivity contribution in [1.29, 1.82) is 5.41 Å². The Kier molecular flexibility index (Phi) is 5.86. The van der Waals surface area contributed by atoms with Crippen LogP contribution >= 0.6 is 0 Å². The number of hydrogen-bond donors (Lipinski definition) is 2. The minimum atomic E-state index is 0.228. The molecule has 0 amide bonds. The highest BCUT2D eigenvalue weighted by Gasteiger charge is 2.40. The minimum Gasteiger partial charge on any atom is -0.375 e. The molecule has 2 fully saturated rings. The molecule has 3 nitrogen and oxygen atoms in total. The average Bonchev–Trinajstić information content (AvgIpc) is 3.20. The van der Waals surface area contributed by atoms with Gasteiger partial charge in [0.05, 0.1) is 0 Å². The molecule has 104 valence electrons. The molecule has 18 heavy (non-hydrogen) atoms. The predicted octanol–water partition coefficient (Wildman–Crippen LogP) is 3.03. The largest absolute Gasteiger partial charge is 0.375 e. The third-order valence-corrected chi connectivity index (χ3v) is 3.98. The zero-order valence-corrected chi connectivity index (χ0v) is 12.3. The Morgan fingerprint density at radius 2 is 1.94 bits per heavy atom. The Bertz CT molecular complexity index is 273. The molecule has 2 N–H and O–H groups in total. The van der Waals surface area contributed by atoms with Crippen molar-refractivity contribution in [3.63, 3.8) is 0 Å². The lowest BCUT2D eigenvalue weighted by atomic mass is 10.0. The first-order chi connectivity index (χ1) is 8.65. The maximum Gasteiger partial charge on any atom is 0.0189 e. The molecule has 0 aromatic rings. The van der Waals surface area contributed by atoms with Gasteiger partial charge in [0, 0.05) is 43.0 Å². The molecular weight excluding hydrogens is 222 g/mol. The fourth-order valence-corrected chi connectivity index (χ4v) is 2.35. The SMILES string of the molecule is C=C(C)N1CCC(NCC2(C=N)CC2)CC1.CC. The van der Waals surface area contributed by atoms with Crippen molar-refractivity contribution in [2.24, 2.45) is 5.41 Å². The van der Waals surface area contributed by atoms with Crippen molar-refractivity contribution in [2.45, 2.75) is 52.5 Å². The van der Waals surface area contributed by atoms with Gasteiger partial charge in [-0.1, -0.05) is 20.4 Å². The maximum atomic E-state index is 7.39. The summed E-state index contributed by atoms with van der Waals surface area (Å²) in [6, 6.07) is 0.646. The first-order valence-corrected chi connectivity index (χ1v) is 7.31. The third-order valence-electron chi connectivity index (χ3n) is 3.98. The number of allylic oxidation sites excluding steroid dienone is 1. The van der Waals surface area contributed by atoms with Gasteiger partial charge in [-0.15, -0.1) is 0 Å². The quantitative estimate of drug-likeness (QED) is 0.737. The van der Waals surface area contributed by atoms with Crippen molar-refractivity contribution in [3.8, 4) is 0 Å². The van der Waals surface area contributed by atoms with Crippen LogP contribution in [0.2, 0.25) is 0 Å². The van der Waals surface area contributed by atoms with Crippen LogP contribution in [0.1, 0.15) is 46.5 Å². The second kappa shape index (κ2) is 6.93. The molecule has 1 saturated carbocycles. The van der Waals surface area contributed by atoms with Crippen LogP contribution in [0, 0.1) is 10.8 Å². The summed E-state index contributed by atoms with van der Waals surface area (Å²) in [6.45, 7) is 13.3. The predicted molar refractivity (Wildman–Crippen MR) is 79.2 cm³/mol. The van der Waals surface area contributed by atoms with E-state index in [1.165, 1.54) is 31.4 Å². The van der Waals surface area contributed by atoms with Crippen molar-refractivity contribution in [3.05, 3.63) is 12.3 Å². The number of nitrogens with zero attached hydrogens (tertiary/aromatic N) is 1. The summed E-state index contributed by atoms with van der Waals surface area (Å²) in [5, 5.41) is 11.0. The van der Waals surface area contributed by atoms with Gasteiger partial charge in [-0.2, -0.15) is 0 Å². The summed E-state index contributed by atoms with van der Waals surface area (Å²) in [5.41, 5.74) is 1.42. The fraction of sp³-hybridized carbons (Fsp3) is 0.800. The van der Waals surface area contributed by atoms with Crippen LogP contribution in [0.25, 0.3) is 0 Å². The fourth-order valence-electron chi connectivity index (χ4n) is 2.35. The van der Waals surface area contributed by atoms with Gasteiger partial charge in [0.25, 0.3) is 0 Å². The summed E-state index contributed by atoms with van der Waals surface area (Å²) in [5.74, 6) is 0. The molecule has 3 heteroatoms. The average molecular weight is 251 g/mol. The standard InChI is InChI=1S/C13H23N3.C2H6/c1-11(2)16-7-3-12(4-8-16)15-10-13(9-14)5-6-13;1-2/h9,12,14-15H,1,3-8,10H2,2H3;1-2H3. The lowest BCUT2D eigenvalue weighted by molar-refractivity contribution is 0.240. The number of rotatable bonds is 5. The van der Waals surface area contributed by atoms with E-state index in [-0.39, 0.29) is 5.41 Å². The summed E-state index contributed by atoms with van der Waals surface area (Å²) in [4.78, 5) is 2.36. The molecule has 1 heterocycles. The van der Waals surface area contributed by atoms with E-state index < -0.39 is 0 Å². The molecule has 0 aromatic heterocycles. The topological polar surface area (TPSA) is 39.1 Å². The summed E-state index contributed by atoms with van der Waals surface area (Å²) >= 11 is 0. The smallest absolute Gasteiger partial charge is 0.0189 e. The maximum absolute atomic E-state index is 7.39. The van der Waals surface area contributed by atoms with E-state index in [0.717, 1.165) is 19.6 Å². The molecule has 0 unspecified atom stereocenters. The van der Waals surface area contributed by atoms with Crippen LogP contribution in [0.5, 0.6) is 0 Å². The van der Waals surface area contributed by atoms with E-state index in [2.05, 4.69) is 23.7 Å². The van der Waals surface area contributed by atoms with Crippen LogP contribution in [-0.2, 0) is 0 Å². The van der Waals surface area contributed by atoms with E-state index in [1.807, 2.05) is 13.8 Å². The summed E-state index contributed by atoms with van der Waals surface area (Å²) < 4.78 is 0. The number of hydrogen-bond acceptors (Lipinski definition) is 3. The highest BCUT2D eigenvalue weighted by molar-refractivity contribution is 5.66. The molecule has 0 atom stereocenters. The molecular formula is C15H29N3. The monoisotopic (exact) mass is 251 g/mol. The zero-order valence-electron chi connectivity index (χ0n) is 12.3. The highest BCUT2D eigenvalue weighted by Crippen LogP contribution is 2.42. The van der Waals surface area contributed by atoms with Gasteiger partial charge in [0.2, 0.25) is 0 Å². The molecule has 0 aromatic carbocycles. The van der Waals surface area contributed by atoms with Crippen LogP contribution in [0.4, 0.5) is 0 Å². The van der Waals surface area contributed by atoms with E-state index in [1.54, 1.807) is 6.21 Å². The Labute approximate surface area is 112 Å². The van der Waals surface area contributed by atoms with Gasteiger partial charge in [-0.3, -0.25) is 0 Å². The van der Waals surface area contributed by atoms with E-state index in [0.29, 0.717) is 6.04 Å². The van der Waals surface area contributed by atoms with Crippen molar-refractivity contribution in [1.82, 2.24) is 10.2 Å². The van der Waals surface area contributed by atoms with Crippen LogP contribution in [0.15, 0.2) is 12.3 Å². The molecule has 2 aliphatic rings. The number of nitrogens with one attached hydrogen (secondary N) is 2. The summed E-state index contributed by atoms with van der Waals surface area (Å²) in [7, 11) is 0. The Balaban J connectivity index is 0.000000771. The van der Waals surface area contributed by atoms with Crippen molar-refractivity contribution < 1.29 is 0 Å². The number of piperidine rings is 1. The second-order valence-corrected chi connectivity index (χ2v) is 5.38. The number of likely N-dealkylation sites (tertiary alicyclic amines) is 1. The first kappa shape index (κ1) is 15.2. The van der Waals surface area contributed by atoms with E-state index >= 15 is 0 Å². The molecule has 1 aliphatic carbocycles.